The lowest BCUT2D eigenvalue weighted by molar-refractivity contribution is -0.113. The third-order valence-corrected chi connectivity index (χ3v) is 4.56. The predicted molar refractivity (Wildman–Crippen MR) is 90.0 cm³/mol. The molecule has 0 aliphatic carbocycles. The molecule has 0 unspecified atom stereocenters. The highest BCUT2D eigenvalue weighted by Gasteiger charge is 2.10. The fourth-order valence-corrected chi connectivity index (χ4v) is 3.22. The maximum absolute atomic E-state index is 13.5. The van der Waals surface area contributed by atoms with Gasteiger partial charge in [0.15, 0.2) is 11.6 Å². The van der Waals surface area contributed by atoms with E-state index in [2.05, 4.69) is 21.2 Å². The van der Waals surface area contributed by atoms with Crippen molar-refractivity contribution in [2.45, 2.75) is 12.7 Å². The Bertz CT molecular complexity index is 694. The largest absolute Gasteiger partial charge is 0.324 e. The third-order valence-electron chi connectivity index (χ3n) is 2.92. The Labute approximate surface area is 140 Å². The molecule has 116 valence electrons. The minimum atomic E-state index is -0.869. The van der Waals surface area contributed by atoms with Crippen molar-refractivity contribution in [2.75, 3.05) is 11.1 Å². The molecule has 0 saturated heterocycles. The van der Waals surface area contributed by atoms with Crippen LogP contribution >= 0.6 is 27.7 Å². The van der Waals surface area contributed by atoms with Gasteiger partial charge in [-0.2, -0.15) is 0 Å². The van der Waals surface area contributed by atoms with Crippen molar-refractivity contribution in [3.8, 4) is 0 Å². The number of benzene rings is 2. The summed E-state index contributed by atoms with van der Waals surface area (Å²) in [6.07, 6.45) is 0. The van der Waals surface area contributed by atoms with Gasteiger partial charge in [-0.1, -0.05) is 18.2 Å². The summed E-state index contributed by atoms with van der Waals surface area (Å²) in [6, 6.07) is 9.66. The summed E-state index contributed by atoms with van der Waals surface area (Å²) >= 11 is 4.62. The van der Waals surface area contributed by atoms with Gasteiger partial charge in [-0.15, -0.1) is 11.8 Å². The average molecular weight is 386 g/mol. The number of carbonyl (C=O) groups is 1. The number of aryl methyl sites for hydroxylation is 1. The van der Waals surface area contributed by atoms with Crippen LogP contribution in [0.4, 0.5) is 14.5 Å². The van der Waals surface area contributed by atoms with Crippen molar-refractivity contribution in [1.29, 1.82) is 0 Å². The molecule has 0 bridgehead atoms. The van der Waals surface area contributed by atoms with Gasteiger partial charge in [0.05, 0.1) is 11.4 Å². The minimum absolute atomic E-state index is 0.163. The highest BCUT2D eigenvalue weighted by molar-refractivity contribution is 9.10. The van der Waals surface area contributed by atoms with Crippen molar-refractivity contribution in [3.05, 3.63) is 63.6 Å². The second-order valence-corrected chi connectivity index (χ2v) is 6.58. The van der Waals surface area contributed by atoms with E-state index in [1.807, 2.05) is 25.1 Å². The molecule has 0 aromatic heterocycles. The molecular formula is C16H14BrF2NOS. The smallest absolute Gasteiger partial charge is 0.234 e. The molecule has 2 rings (SSSR count). The Balaban J connectivity index is 1.87. The van der Waals surface area contributed by atoms with Gasteiger partial charge in [-0.05, 0) is 46.6 Å². The number of halogens is 3. The zero-order chi connectivity index (χ0) is 16.1. The van der Waals surface area contributed by atoms with E-state index in [4.69, 9.17) is 0 Å². The van der Waals surface area contributed by atoms with E-state index < -0.39 is 11.6 Å². The Morgan fingerprint density at radius 3 is 2.77 bits per heavy atom. The van der Waals surface area contributed by atoms with E-state index in [1.165, 1.54) is 23.9 Å². The Kier molecular flexibility index (Phi) is 5.97. The number of thioether (sulfide) groups is 1. The molecule has 1 amide bonds. The molecule has 0 radical (unpaired) electrons. The van der Waals surface area contributed by atoms with Gasteiger partial charge in [-0.3, -0.25) is 4.79 Å². The van der Waals surface area contributed by atoms with Gasteiger partial charge in [0.25, 0.3) is 0 Å². The summed E-state index contributed by atoms with van der Waals surface area (Å²) in [5.74, 6) is -1.50. The van der Waals surface area contributed by atoms with E-state index in [0.29, 0.717) is 5.69 Å². The monoisotopic (exact) mass is 385 g/mol. The predicted octanol–water partition coefficient (Wildman–Crippen LogP) is 4.91. The zero-order valence-electron chi connectivity index (χ0n) is 11.8. The summed E-state index contributed by atoms with van der Waals surface area (Å²) in [4.78, 5) is 11.9. The second kappa shape index (κ2) is 7.74. The molecule has 0 heterocycles. The van der Waals surface area contributed by atoms with Gasteiger partial charge in [-0.25, -0.2) is 8.78 Å². The lowest BCUT2D eigenvalue weighted by atomic mass is 10.2. The van der Waals surface area contributed by atoms with E-state index in [9.17, 15) is 13.6 Å². The van der Waals surface area contributed by atoms with Gasteiger partial charge < -0.3 is 5.32 Å². The van der Waals surface area contributed by atoms with Crippen LogP contribution in [0.25, 0.3) is 0 Å². The van der Waals surface area contributed by atoms with Crippen LogP contribution in [0.3, 0.4) is 0 Å². The quantitative estimate of drug-likeness (QED) is 0.792. The molecule has 2 aromatic carbocycles. The summed E-state index contributed by atoms with van der Waals surface area (Å²) in [6.45, 7) is 1.96. The molecule has 0 fully saturated rings. The molecule has 2 aromatic rings. The van der Waals surface area contributed by atoms with Crippen molar-refractivity contribution in [2.24, 2.45) is 0 Å². The lowest BCUT2D eigenvalue weighted by Gasteiger charge is -2.08. The van der Waals surface area contributed by atoms with Crippen LogP contribution in [0.5, 0.6) is 0 Å². The average Bonchev–Trinajstić information content (AvgIpc) is 2.46. The highest BCUT2D eigenvalue weighted by Crippen LogP contribution is 2.24. The molecule has 0 saturated carbocycles. The molecular weight excluding hydrogens is 372 g/mol. The number of hydrogen-bond acceptors (Lipinski definition) is 2. The molecule has 0 aliphatic rings. The van der Waals surface area contributed by atoms with Crippen LogP contribution in [0, 0.1) is 18.6 Å². The number of amides is 1. The van der Waals surface area contributed by atoms with Gasteiger partial charge in [0.1, 0.15) is 0 Å². The highest BCUT2D eigenvalue weighted by atomic mass is 79.9. The fourth-order valence-electron chi connectivity index (χ4n) is 1.82. The Hall–Kier alpha value is -1.40. The van der Waals surface area contributed by atoms with Crippen LogP contribution in [-0.2, 0) is 10.5 Å². The van der Waals surface area contributed by atoms with Crippen molar-refractivity contribution in [3.63, 3.8) is 0 Å². The van der Waals surface area contributed by atoms with Gasteiger partial charge in [0, 0.05) is 15.8 Å². The first-order valence-electron chi connectivity index (χ1n) is 6.54. The van der Waals surface area contributed by atoms with Crippen molar-refractivity contribution in [1.82, 2.24) is 0 Å². The summed E-state index contributed by atoms with van der Waals surface area (Å²) in [7, 11) is 0. The van der Waals surface area contributed by atoms with Crippen LogP contribution in [0.15, 0.2) is 40.9 Å². The fraction of sp³-hybridized carbons (Fsp3) is 0.188. The van der Waals surface area contributed by atoms with E-state index in [-0.39, 0.29) is 23.0 Å². The first kappa shape index (κ1) is 17.0. The molecule has 0 aliphatic heterocycles. The number of anilines is 1. The third kappa shape index (κ3) is 4.55. The number of hydrogen-bond donors (Lipinski definition) is 1. The SMILES string of the molecule is Cc1ccc(NC(=O)CSCc2cccc(F)c2F)c(Br)c1. The molecule has 6 heteroatoms. The van der Waals surface area contributed by atoms with Crippen LogP contribution in [0.2, 0.25) is 0 Å². The summed E-state index contributed by atoms with van der Waals surface area (Å²) in [5.41, 5.74) is 2.03. The first-order chi connectivity index (χ1) is 10.5. The molecule has 0 spiro atoms. The standard InChI is InChI=1S/C16H14BrF2NOS/c1-10-5-6-14(12(17)7-10)20-15(21)9-22-8-11-3-2-4-13(18)16(11)19/h2-7H,8-9H2,1H3,(H,20,21). The van der Waals surface area contributed by atoms with Crippen molar-refractivity contribution < 1.29 is 13.6 Å². The first-order valence-corrected chi connectivity index (χ1v) is 8.49. The van der Waals surface area contributed by atoms with Crippen LogP contribution in [0.1, 0.15) is 11.1 Å². The van der Waals surface area contributed by atoms with Gasteiger partial charge >= 0.3 is 0 Å². The molecule has 0 atom stereocenters. The lowest BCUT2D eigenvalue weighted by Crippen LogP contribution is -2.14. The molecule has 22 heavy (non-hydrogen) atoms. The van der Waals surface area contributed by atoms with Gasteiger partial charge in [0.2, 0.25) is 5.91 Å². The normalized spacial score (nSPS) is 10.5. The topological polar surface area (TPSA) is 29.1 Å². The number of carbonyl (C=O) groups excluding carboxylic acids is 1. The molecule has 2 nitrogen and oxygen atoms in total. The van der Waals surface area contributed by atoms with Crippen molar-refractivity contribution >= 4 is 39.3 Å². The summed E-state index contributed by atoms with van der Waals surface area (Å²) in [5, 5.41) is 2.78. The van der Waals surface area contributed by atoms with Crippen LogP contribution < -0.4 is 5.32 Å². The maximum Gasteiger partial charge on any atom is 0.234 e. The van der Waals surface area contributed by atoms with E-state index in [1.54, 1.807) is 0 Å². The Morgan fingerprint density at radius 2 is 2.05 bits per heavy atom. The van der Waals surface area contributed by atoms with Crippen LogP contribution in [-0.4, -0.2) is 11.7 Å². The summed E-state index contributed by atoms with van der Waals surface area (Å²) < 4.78 is 27.3. The Morgan fingerprint density at radius 1 is 1.27 bits per heavy atom. The maximum atomic E-state index is 13.5. The number of nitrogens with one attached hydrogen (secondary N) is 1. The minimum Gasteiger partial charge on any atom is -0.324 e. The zero-order valence-corrected chi connectivity index (χ0v) is 14.2. The second-order valence-electron chi connectivity index (χ2n) is 4.74. The molecule has 1 N–H and O–H groups in total. The van der Waals surface area contributed by atoms with E-state index in [0.717, 1.165) is 16.1 Å². The number of rotatable bonds is 5. The van der Waals surface area contributed by atoms with E-state index >= 15 is 0 Å².